The molecular weight excluding hydrogens is 431 g/mol. The fourth-order valence-electron chi connectivity index (χ4n) is 2.90. The average molecular weight is 464 g/mol. The molecule has 7 heteroatoms. The Balaban J connectivity index is 0.00000312. The smallest absolute Gasteiger partial charge is 0.193 e. The molecule has 1 fully saturated rings. The second-order valence-electron chi connectivity index (χ2n) is 6.42. The number of aryl methyl sites for hydroxylation is 1. The van der Waals surface area contributed by atoms with E-state index < -0.39 is 0 Å². The second-order valence-corrected chi connectivity index (χ2v) is 6.42. The summed E-state index contributed by atoms with van der Waals surface area (Å²) in [4.78, 5) is 6.49. The molecule has 0 atom stereocenters. The molecule has 0 bridgehead atoms. The maximum atomic E-state index is 5.80. The minimum Gasteiger partial charge on any atom is -0.381 e. The van der Waals surface area contributed by atoms with Crippen LogP contribution in [0.2, 0.25) is 0 Å². The van der Waals surface area contributed by atoms with Crippen LogP contribution in [0, 0.1) is 5.92 Å². The first kappa shape index (κ1) is 22.2. The van der Waals surface area contributed by atoms with E-state index in [2.05, 4.69) is 52.2 Å². The number of nitrogens with one attached hydrogen (secondary N) is 1. The molecule has 1 aromatic heterocycles. The largest absolute Gasteiger partial charge is 0.381 e. The summed E-state index contributed by atoms with van der Waals surface area (Å²) < 4.78 is 13.3. The van der Waals surface area contributed by atoms with Crippen molar-refractivity contribution >= 4 is 29.9 Å². The summed E-state index contributed by atoms with van der Waals surface area (Å²) in [7, 11) is 5.95. The molecule has 1 aliphatic rings. The second kappa shape index (κ2) is 12.5. The molecule has 1 saturated heterocycles. The predicted molar refractivity (Wildman–Crippen MR) is 113 cm³/mol. The lowest BCUT2D eigenvalue weighted by atomic mass is 10.0. The molecule has 25 heavy (non-hydrogen) atoms. The number of hydrogen-bond donors (Lipinski definition) is 1. The summed E-state index contributed by atoms with van der Waals surface area (Å²) in [6, 6.07) is 4.20. The molecule has 1 aromatic rings. The lowest BCUT2D eigenvalue weighted by Crippen LogP contribution is -2.39. The van der Waals surface area contributed by atoms with Gasteiger partial charge in [-0.15, -0.1) is 24.0 Å². The monoisotopic (exact) mass is 464 g/mol. The van der Waals surface area contributed by atoms with Crippen molar-refractivity contribution < 1.29 is 9.47 Å². The van der Waals surface area contributed by atoms with Crippen molar-refractivity contribution in [2.24, 2.45) is 18.0 Å². The maximum absolute atomic E-state index is 5.80. The van der Waals surface area contributed by atoms with Crippen LogP contribution in [0.25, 0.3) is 0 Å². The minimum atomic E-state index is 0. The lowest BCUT2D eigenvalue weighted by Gasteiger charge is -2.23. The molecule has 2 heterocycles. The summed E-state index contributed by atoms with van der Waals surface area (Å²) >= 11 is 0. The van der Waals surface area contributed by atoms with E-state index in [4.69, 9.17) is 9.47 Å². The fraction of sp³-hybridized carbons (Fsp3) is 0.722. The van der Waals surface area contributed by atoms with Crippen molar-refractivity contribution in [1.82, 2.24) is 14.8 Å². The van der Waals surface area contributed by atoms with Crippen molar-refractivity contribution in [2.75, 3.05) is 47.1 Å². The van der Waals surface area contributed by atoms with E-state index in [1.807, 2.05) is 7.05 Å². The van der Waals surface area contributed by atoms with Crippen LogP contribution < -0.4 is 5.32 Å². The van der Waals surface area contributed by atoms with E-state index in [9.17, 15) is 0 Å². The summed E-state index contributed by atoms with van der Waals surface area (Å²) in [5.41, 5.74) is 1.26. The molecule has 144 valence electrons. The molecule has 2 rings (SSSR count). The topological polar surface area (TPSA) is 51.0 Å². The zero-order valence-electron chi connectivity index (χ0n) is 15.7. The van der Waals surface area contributed by atoms with Gasteiger partial charge in [0, 0.05) is 66.0 Å². The van der Waals surface area contributed by atoms with Crippen LogP contribution in [0.4, 0.5) is 0 Å². The van der Waals surface area contributed by atoms with Crippen LogP contribution in [0.5, 0.6) is 0 Å². The minimum absolute atomic E-state index is 0. The number of ether oxygens (including phenoxy) is 2. The molecule has 0 unspecified atom stereocenters. The highest BCUT2D eigenvalue weighted by atomic mass is 127. The van der Waals surface area contributed by atoms with Gasteiger partial charge in [-0.05, 0) is 37.3 Å². The Labute approximate surface area is 169 Å². The molecule has 6 nitrogen and oxygen atoms in total. The standard InChI is InChI=1S/C18H32N4O2.HI/c1-19-18(22(3)14-17-6-4-10-21(17)2)20-9-5-11-24-15-16-7-12-23-13-8-16;/h4,6,10,16H,5,7-9,11-15H2,1-3H3,(H,19,20);1H. The highest BCUT2D eigenvalue weighted by Gasteiger charge is 2.13. The summed E-state index contributed by atoms with van der Waals surface area (Å²) in [5, 5.41) is 3.41. The van der Waals surface area contributed by atoms with Crippen molar-refractivity contribution in [3.8, 4) is 0 Å². The molecule has 0 spiro atoms. The molecule has 0 aliphatic carbocycles. The van der Waals surface area contributed by atoms with E-state index in [0.29, 0.717) is 5.92 Å². The van der Waals surface area contributed by atoms with Crippen molar-refractivity contribution in [2.45, 2.75) is 25.8 Å². The van der Waals surface area contributed by atoms with Crippen molar-refractivity contribution in [3.63, 3.8) is 0 Å². The molecule has 0 saturated carbocycles. The SMILES string of the molecule is CN=C(NCCCOCC1CCOCC1)N(C)Cc1cccn1C.I. The van der Waals surface area contributed by atoms with Crippen LogP contribution in [0.1, 0.15) is 25.0 Å². The number of rotatable bonds is 8. The van der Waals surface area contributed by atoms with Crippen LogP contribution in [-0.2, 0) is 23.1 Å². The van der Waals surface area contributed by atoms with Crippen LogP contribution >= 0.6 is 24.0 Å². The summed E-state index contributed by atoms with van der Waals surface area (Å²) in [6.07, 6.45) is 5.32. The Morgan fingerprint density at radius 1 is 1.44 bits per heavy atom. The molecular formula is C18H33IN4O2. The van der Waals surface area contributed by atoms with Gasteiger partial charge in [0.2, 0.25) is 0 Å². The Hall–Kier alpha value is -0.800. The fourth-order valence-corrected chi connectivity index (χ4v) is 2.90. The van der Waals surface area contributed by atoms with E-state index in [-0.39, 0.29) is 24.0 Å². The third-order valence-electron chi connectivity index (χ3n) is 4.47. The van der Waals surface area contributed by atoms with Gasteiger partial charge in [0.1, 0.15) is 0 Å². The first-order valence-corrected chi connectivity index (χ1v) is 8.88. The molecule has 0 radical (unpaired) electrons. The van der Waals surface area contributed by atoms with E-state index in [0.717, 1.165) is 64.7 Å². The van der Waals surface area contributed by atoms with E-state index in [1.54, 1.807) is 0 Å². The van der Waals surface area contributed by atoms with Crippen LogP contribution in [0.3, 0.4) is 0 Å². The quantitative estimate of drug-likeness (QED) is 0.278. The van der Waals surface area contributed by atoms with E-state index in [1.165, 1.54) is 5.69 Å². The number of aromatic nitrogens is 1. The zero-order chi connectivity index (χ0) is 17.2. The highest BCUT2D eigenvalue weighted by Crippen LogP contribution is 2.14. The average Bonchev–Trinajstić information content (AvgIpc) is 3.00. The first-order chi connectivity index (χ1) is 11.7. The van der Waals surface area contributed by atoms with Gasteiger partial charge in [-0.3, -0.25) is 4.99 Å². The molecule has 1 N–H and O–H groups in total. The predicted octanol–water partition coefficient (Wildman–Crippen LogP) is 2.48. The van der Waals surface area contributed by atoms with E-state index >= 15 is 0 Å². The van der Waals surface area contributed by atoms with Gasteiger partial charge < -0.3 is 24.3 Å². The zero-order valence-corrected chi connectivity index (χ0v) is 18.1. The van der Waals surface area contributed by atoms with Gasteiger partial charge in [0.25, 0.3) is 0 Å². The van der Waals surface area contributed by atoms with Gasteiger partial charge in [-0.2, -0.15) is 0 Å². The lowest BCUT2D eigenvalue weighted by molar-refractivity contribution is 0.0203. The maximum Gasteiger partial charge on any atom is 0.193 e. The Kier molecular flexibility index (Phi) is 11.2. The number of guanidine groups is 1. The highest BCUT2D eigenvalue weighted by molar-refractivity contribution is 14.0. The van der Waals surface area contributed by atoms with Gasteiger partial charge >= 0.3 is 0 Å². The summed E-state index contributed by atoms with van der Waals surface area (Å²) in [6.45, 7) is 5.15. The van der Waals surface area contributed by atoms with Gasteiger partial charge in [-0.1, -0.05) is 0 Å². The van der Waals surface area contributed by atoms with Crippen LogP contribution in [0.15, 0.2) is 23.3 Å². The third kappa shape index (κ3) is 7.96. The Morgan fingerprint density at radius 2 is 2.20 bits per heavy atom. The molecule has 0 amide bonds. The van der Waals surface area contributed by atoms with Gasteiger partial charge in [0.15, 0.2) is 5.96 Å². The van der Waals surface area contributed by atoms with Gasteiger partial charge in [-0.25, -0.2) is 0 Å². The number of hydrogen-bond acceptors (Lipinski definition) is 3. The normalized spacial score (nSPS) is 15.7. The first-order valence-electron chi connectivity index (χ1n) is 8.88. The number of halogens is 1. The van der Waals surface area contributed by atoms with Gasteiger partial charge in [0.05, 0.1) is 6.54 Å². The Bertz CT molecular complexity index is 501. The number of nitrogens with zero attached hydrogens (tertiary/aromatic N) is 3. The number of aliphatic imine (C=N–C) groups is 1. The molecule has 0 aromatic carbocycles. The Morgan fingerprint density at radius 3 is 2.84 bits per heavy atom. The summed E-state index contributed by atoms with van der Waals surface area (Å²) in [5.74, 6) is 1.59. The van der Waals surface area contributed by atoms with Crippen molar-refractivity contribution in [3.05, 3.63) is 24.0 Å². The molecule has 1 aliphatic heterocycles. The van der Waals surface area contributed by atoms with Crippen LogP contribution in [-0.4, -0.2) is 62.5 Å². The van der Waals surface area contributed by atoms with Crippen molar-refractivity contribution in [1.29, 1.82) is 0 Å². The third-order valence-corrected chi connectivity index (χ3v) is 4.47.